The van der Waals surface area contributed by atoms with Gasteiger partial charge in [-0.05, 0) is 12.1 Å². The number of halogens is 2. The van der Waals surface area contributed by atoms with E-state index >= 15 is 0 Å². The topological polar surface area (TPSA) is 61.6 Å². The Morgan fingerprint density at radius 1 is 1.29 bits per heavy atom. The summed E-state index contributed by atoms with van der Waals surface area (Å²) in [6, 6.07) is 4.95. The lowest BCUT2D eigenvalue weighted by Crippen LogP contribution is -1.99. The molecule has 0 bridgehead atoms. The van der Waals surface area contributed by atoms with Crippen LogP contribution in [0.4, 0.5) is 20.3 Å². The molecule has 84 valence electrons. The van der Waals surface area contributed by atoms with Gasteiger partial charge in [0.2, 0.25) is 0 Å². The summed E-state index contributed by atoms with van der Waals surface area (Å²) in [6.07, 6.45) is 2.53. The molecule has 6 heteroatoms. The van der Waals surface area contributed by atoms with Crippen LogP contribution in [0.3, 0.4) is 0 Å². The molecule has 4 nitrogen and oxygen atoms in total. The maximum atomic E-state index is 13.3. The van der Waals surface area contributed by atoms with Gasteiger partial charge in [0.05, 0.1) is 11.9 Å². The van der Waals surface area contributed by atoms with Gasteiger partial charge in [0.15, 0.2) is 5.82 Å². The highest BCUT2D eigenvalue weighted by Crippen LogP contribution is 2.20. The molecule has 0 radical (unpaired) electrons. The third-order valence-corrected chi connectivity index (χ3v) is 2.02. The van der Waals surface area contributed by atoms with Gasteiger partial charge in [-0.3, -0.25) is 0 Å². The average Bonchev–Trinajstić information content (AvgIpc) is 2.33. The van der Waals surface area contributed by atoms with Crippen molar-refractivity contribution in [1.82, 2.24) is 9.97 Å². The molecule has 0 amide bonds. The fourth-order valence-electron chi connectivity index (χ4n) is 1.23. The van der Waals surface area contributed by atoms with Crippen LogP contribution in [0.2, 0.25) is 0 Å². The molecule has 0 aliphatic carbocycles. The Kier molecular flexibility index (Phi) is 2.92. The Balaban J connectivity index is 2.35. The molecule has 0 unspecified atom stereocenters. The number of rotatable bonds is 2. The first-order valence-corrected chi connectivity index (χ1v) is 4.63. The molecule has 1 aromatic heterocycles. The average molecular weight is 232 g/mol. The number of nitrogens with one attached hydrogen (secondary N) is 1. The zero-order valence-electron chi connectivity index (χ0n) is 8.48. The first-order chi connectivity index (χ1) is 8.20. The van der Waals surface area contributed by atoms with Crippen LogP contribution in [0.25, 0.3) is 0 Å². The Morgan fingerprint density at radius 3 is 2.82 bits per heavy atom. The van der Waals surface area contributed by atoms with Crippen molar-refractivity contribution in [3.05, 3.63) is 47.9 Å². The predicted molar refractivity (Wildman–Crippen MR) is 56.4 cm³/mol. The second kappa shape index (κ2) is 4.53. The predicted octanol–water partition coefficient (Wildman–Crippen LogP) is 2.37. The Morgan fingerprint density at radius 2 is 2.12 bits per heavy atom. The van der Waals surface area contributed by atoms with Crippen LogP contribution in [-0.4, -0.2) is 9.97 Å². The molecule has 2 aromatic rings. The zero-order valence-corrected chi connectivity index (χ0v) is 8.48. The number of nitriles is 1. The third-order valence-electron chi connectivity index (χ3n) is 2.02. The third kappa shape index (κ3) is 2.34. The Bertz CT molecular complexity index is 592. The lowest BCUT2D eigenvalue weighted by molar-refractivity contribution is 0.586. The Hall–Kier alpha value is -2.55. The minimum Gasteiger partial charge on any atom is -0.337 e. The van der Waals surface area contributed by atoms with Gasteiger partial charge < -0.3 is 5.32 Å². The van der Waals surface area contributed by atoms with Crippen molar-refractivity contribution >= 4 is 11.5 Å². The molecule has 1 N–H and O–H groups in total. The summed E-state index contributed by atoms with van der Waals surface area (Å²) in [5, 5.41) is 11.4. The SMILES string of the molecule is N#Cc1cncnc1Nc1ccc(F)cc1F. The minimum absolute atomic E-state index is 0.0431. The van der Waals surface area contributed by atoms with Crippen LogP contribution in [-0.2, 0) is 0 Å². The number of hydrogen-bond acceptors (Lipinski definition) is 4. The van der Waals surface area contributed by atoms with Crippen LogP contribution < -0.4 is 5.32 Å². The molecule has 0 fully saturated rings. The van der Waals surface area contributed by atoms with Crippen molar-refractivity contribution < 1.29 is 8.78 Å². The van der Waals surface area contributed by atoms with Crippen molar-refractivity contribution in [3.63, 3.8) is 0 Å². The molecule has 0 saturated heterocycles. The molecule has 1 heterocycles. The number of aromatic nitrogens is 2. The second-order valence-electron chi connectivity index (χ2n) is 3.15. The highest BCUT2D eigenvalue weighted by atomic mass is 19.1. The van der Waals surface area contributed by atoms with Gasteiger partial charge in [0.25, 0.3) is 0 Å². The van der Waals surface area contributed by atoms with E-state index in [-0.39, 0.29) is 17.1 Å². The summed E-state index contributed by atoms with van der Waals surface area (Å²) < 4.78 is 26.0. The number of hydrogen-bond donors (Lipinski definition) is 1. The highest BCUT2D eigenvalue weighted by molar-refractivity contribution is 5.62. The molecule has 0 aliphatic rings. The second-order valence-corrected chi connectivity index (χ2v) is 3.15. The van der Waals surface area contributed by atoms with E-state index in [9.17, 15) is 8.78 Å². The minimum atomic E-state index is -0.757. The maximum absolute atomic E-state index is 13.3. The molecular weight excluding hydrogens is 226 g/mol. The molecule has 0 spiro atoms. The van der Waals surface area contributed by atoms with Crippen molar-refractivity contribution in [3.8, 4) is 6.07 Å². The summed E-state index contributed by atoms with van der Waals surface area (Å²) in [7, 11) is 0. The van der Waals surface area contributed by atoms with Crippen LogP contribution in [0, 0.1) is 23.0 Å². The van der Waals surface area contributed by atoms with Crippen LogP contribution in [0.5, 0.6) is 0 Å². The molecule has 0 atom stereocenters. The highest BCUT2D eigenvalue weighted by Gasteiger charge is 2.07. The molecule has 0 aliphatic heterocycles. The standard InChI is InChI=1S/C11H6F2N4/c12-8-1-2-10(9(13)3-8)17-11-7(4-14)5-15-6-16-11/h1-3,5-6H,(H,15,16,17). The van der Waals surface area contributed by atoms with E-state index in [2.05, 4.69) is 15.3 Å². The number of nitrogens with zero attached hydrogens (tertiary/aromatic N) is 3. The van der Waals surface area contributed by atoms with Crippen molar-refractivity contribution in [1.29, 1.82) is 5.26 Å². The summed E-state index contributed by atoms with van der Waals surface area (Å²) in [4.78, 5) is 7.47. The van der Waals surface area contributed by atoms with Gasteiger partial charge >= 0.3 is 0 Å². The molecular formula is C11H6F2N4. The van der Waals surface area contributed by atoms with Gasteiger partial charge in [-0.2, -0.15) is 5.26 Å². The summed E-state index contributed by atoms with van der Waals surface area (Å²) in [5.41, 5.74) is 0.220. The summed E-state index contributed by atoms with van der Waals surface area (Å²) >= 11 is 0. The molecule has 17 heavy (non-hydrogen) atoms. The van der Waals surface area contributed by atoms with Gasteiger partial charge in [0, 0.05) is 6.07 Å². The van der Waals surface area contributed by atoms with E-state index in [0.717, 1.165) is 12.1 Å². The fraction of sp³-hybridized carbons (Fsp3) is 0. The smallest absolute Gasteiger partial charge is 0.151 e. The lowest BCUT2D eigenvalue weighted by atomic mass is 10.2. The monoisotopic (exact) mass is 232 g/mol. The molecule has 0 saturated carbocycles. The van der Waals surface area contributed by atoms with Crippen molar-refractivity contribution in [2.75, 3.05) is 5.32 Å². The van der Waals surface area contributed by atoms with E-state index in [1.54, 1.807) is 0 Å². The van der Waals surface area contributed by atoms with Crippen molar-refractivity contribution in [2.45, 2.75) is 0 Å². The first-order valence-electron chi connectivity index (χ1n) is 4.63. The van der Waals surface area contributed by atoms with Gasteiger partial charge in [-0.25, -0.2) is 18.7 Å². The number of benzene rings is 1. The first kappa shape index (κ1) is 11.0. The van der Waals surface area contributed by atoms with E-state index in [1.807, 2.05) is 6.07 Å². The van der Waals surface area contributed by atoms with Gasteiger partial charge in [-0.1, -0.05) is 0 Å². The zero-order chi connectivity index (χ0) is 12.3. The van der Waals surface area contributed by atoms with Crippen molar-refractivity contribution in [2.24, 2.45) is 0 Å². The number of anilines is 2. The normalized spacial score (nSPS) is 9.71. The van der Waals surface area contributed by atoms with E-state index in [0.29, 0.717) is 0 Å². The van der Waals surface area contributed by atoms with E-state index in [4.69, 9.17) is 5.26 Å². The van der Waals surface area contributed by atoms with E-state index in [1.165, 1.54) is 18.6 Å². The maximum Gasteiger partial charge on any atom is 0.151 e. The molecule has 2 rings (SSSR count). The lowest BCUT2D eigenvalue weighted by Gasteiger charge is -2.07. The Labute approximate surface area is 95.6 Å². The van der Waals surface area contributed by atoms with E-state index < -0.39 is 11.6 Å². The van der Waals surface area contributed by atoms with Crippen LogP contribution in [0.1, 0.15) is 5.56 Å². The largest absolute Gasteiger partial charge is 0.337 e. The van der Waals surface area contributed by atoms with Gasteiger partial charge in [0.1, 0.15) is 29.6 Å². The molecule has 1 aromatic carbocycles. The fourth-order valence-corrected chi connectivity index (χ4v) is 1.23. The summed E-state index contributed by atoms with van der Waals surface area (Å²) in [5.74, 6) is -1.25. The van der Waals surface area contributed by atoms with Crippen LogP contribution >= 0.6 is 0 Å². The summed E-state index contributed by atoms with van der Waals surface area (Å²) in [6.45, 7) is 0. The van der Waals surface area contributed by atoms with Gasteiger partial charge in [-0.15, -0.1) is 0 Å². The quantitative estimate of drug-likeness (QED) is 0.863. The van der Waals surface area contributed by atoms with Crippen LogP contribution in [0.15, 0.2) is 30.7 Å².